The number of hydrogen-bond acceptors (Lipinski definition) is 2. The largest absolute Gasteiger partial charge is 0.315 e. The van der Waals surface area contributed by atoms with Gasteiger partial charge in [0.2, 0.25) is 0 Å². The van der Waals surface area contributed by atoms with Crippen LogP contribution in [-0.2, 0) is 0 Å². The molecule has 0 radical (unpaired) electrons. The number of likely N-dealkylation sites (N-methyl/N-ethyl adjacent to an activating group) is 1. The molecule has 1 aliphatic rings. The summed E-state index contributed by atoms with van der Waals surface area (Å²) in [5, 5.41) is 3.62. The Bertz CT molecular complexity index is 207. The average molecular weight is 254 g/mol. The quantitative estimate of drug-likeness (QED) is 0.748. The van der Waals surface area contributed by atoms with Gasteiger partial charge in [0.15, 0.2) is 0 Å². The van der Waals surface area contributed by atoms with Crippen molar-refractivity contribution < 1.29 is 0 Å². The Morgan fingerprint density at radius 2 is 1.72 bits per heavy atom. The molecule has 0 aliphatic heterocycles. The summed E-state index contributed by atoms with van der Waals surface area (Å²) in [6, 6.07) is 1.54. The summed E-state index contributed by atoms with van der Waals surface area (Å²) < 4.78 is 0. The molecule has 1 saturated carbocycles. The van der Waals surface area contributed by atoms with E-state index < -0.39 is 0 Å². The van der Waals surface area contributed by atoms with Crippen molar-refractivity contribution in [2.24, 2.45) is 11.8 Å². The van der Waals surface area contributed by atoms with Gasteiger partial charge in [0, 0.05) is 18.6 Å². The molecule has 0 heterocycles. The van der Waals surface area contributed by atoms with Crippen molar-refractivity contribution in [1.82, 2.24) is 10.2 Å². The lowest BCUT2D eigenvalue weighted by molar-refractivity contribution is 0.118. The van der Waals surface area contributed by atoms with Crippen LogP contribution in [0, 0.1) is 11.8 Å². The molecule has 1 rings (SSSR count). The standard InChI is InChI=1S/C16H34N2/c1-6-15(12-17-11-13(2)3)18(5)16-9-7-14(4)8-10-16/h13-17H,6-12H2,1-5H3. The molecule has 0 aromatic heterocycles. The van der Waals surface area contributed by atoms with E-state index in [-0.39, 0.29) is 0 Å². The smallest absolute Gasteiger partial charge is 0.0217 e. The fourth-order valence-corrected chi connectivity index (χ4v) is 3.06. The SMILES string of the molecule is CCC(CNCC(C)C)N(C)C1CCC(C)CC1. The zero-order valence-corrected chi connectivity index (χ0v) is 13.2. The number of nitrogens with one attached hydrogen (secondary N) is 1. The van der Waals surface area contributed by atoms with E-state index in [9.17, 15) is 0 Å². The van der Waals surface area contributed by atoms with Gasteiger partial charge in [-0.25, -0.2) is 0 Å². The Kier molecular flexibility index (Phi) is 7.25. The van der Waals surface area contributed by atoms with Crippen molar-refractivity contribution >= 4 is 0 Å². The highest BCUT2D eigenvalue weighted by atomic mass is 15.2. The zero-order valence-electron chi connectivity index (χ0n) is 13.2. The summed E-state index contributed by atoms with van der Waals surface area (Å²) in [5.41, 5.74) is 0. The Balaban J connectivity index is 2.34. The predicted molar refractivity (Wildman–Crippen MR) is 81.0 cm³/mol. The average Bonchev–Trinajstić information content (AvgIpc) is 2.34. The number of hydrogen-bond donors (Lipinski definition) is 1. The minimum atomic E-state index is 0.710. The van der Waals surface area contributed by atoms with Crippen LogP contribution in [0.4, 0.5) is 0 Å². The Morgan fingerprint density at radius 3 is 2.22 bits per heavy atom. The fourth-order valence-electron chi connectivity index (χ4n) is 3.06. The summed E-state index contributed by atoms with van der Waals surface area (Å²) in [6.07, 6.45) is 6.90. The van der Waals surface area contributed by atoms with Crippen LogP contribution in [0.3, 0.4) is 0 Å². The molecule has 1 aliphatic carbocycles. The van der Waals surface area contributed by atoms with Gasteiger partial charge in [-0.3, -0.25) is 4.90 Å². The van der Waals surface area contributed by atoms with E-state index in [2.05, 4.69) is 45.0 Å². The van der Waals surface area contributed by atoms with E-state index in [1.807, 2.05) is 0 Å². The van der Waals surface area contributed by atoms with Gasteiger partial charge in [-0.15, -0.1) is 0 Å². The normalized spacial score (nSPS) is 26.8. The Morgan fingerprint density at radius 1 is 1.11 bits per heavy atom. The van der Waals surface area contributed by atoms with Crippen LogP contribution in [0.2, 0.25) is 0 Å². The molecule has 0 aromatic rings. The number of rotatable bonds is 7. The Labute approximate surface area is 115 Å². The second-order valence-electron chi connectivity index (χ2n) is 6.69. The molecular formula is C16H34N2. The van der Waals surface area contributed by atoms with Gasteiger partial charge >= 0.3 is 0 Å². The maximum absolute atomic E-state index is 3.62. The molecule has 0 amide bonds. The van der Waals surface area contributed by atoms with Crippen LogP contribution in [0.25, 0.3) is 0 Å². The van der Waals surface area contributed by atoms with E-state index in [0.29, 0.717) is 6.04 Å². The molecule has 108 valence electrons. The van der Waals surface area contributed by atoms with E-state index >= 15 is 0 Å². The van der Waals surface area contributed by atoms with E-state index in [1.165, 1.54) is 32.1 Å². The molecule has 0 saturated heterocycles. The number of nitrogens with zero attached hydrogens (tertiary/aromatic N) is 1. The van der Waals surface area contributed by atoms with Crippen LogP contribution in [0.1, 0.15) is 59.8 Å². The molecular weight excluding hydrogens is 220 g/mol. The zero-order chi connectivity index (χ0) is 13.5. The third-order valence-electron chi connectivity index (χ3n) is 4.54. The van der Waals surface area contributed by atoms with Crippen LogP contribution in [0.15, 0.2) is 0 Å². The molecule has 1 fully saturated rings. The van der Waals surface area contributed by atoms with Gasteiger partial charge in [-0.2, -0.15) is 0 Å². The summed E-state index contributed by atoms with van der Waals surface area (Å²) in [7, 11) is 2.34. The molecule has 2 nitrogen and oxygen atoms in total. The monoisotopic (exact) mass is 254 g/mol. The van der Waals surface area contributed by atoms with Crippen LogP contribution in [-0.4, -0.2) is 37.1 Å². The summed E-state index contributed by atoms with van der Waals surface area (Å²) in [5.74, 6) is 1.71. The lowest BCUT2D eigenvalue weighted by Crippen LogP contribution is -2.46. The molecule has 18 heavy (non-hydrogen) atoms. The fraction of sp³-hybridized carbons (Fsp3) is 1.00. The molecule has 0 aromatic carbocycles. The maximum Gasteiger partial charge on any atom is 0.0217 e. The first kappa shape index (κ1) is 16.0. The third-order valence-corrected chi connectivity index (χ3v) is 4.54. The highest BCUT2D eigenvalue weighted by Crippen LogP contribution is 2.27. The van der Waals surface area contributed by atoms with E-state index in [1.54, 1.807) is 0 Å². The van der Waals surface area contributed by atoms with Crippen molar-refractivity contribution in [2.75, 3.05) is 20.1 Å². The van der Waals surface area contributed by atoms with Gasteiger partial charge in [-0.1, -0.05) is 27.7 Å². The molecule has 1 N–H and O–H groups in total. The predicted octanol–water partition coefficient (Wildman–Crippen LogP) is 3.52. The first-order chi connectivity index (χ1) is 8.54. The lowest BCUT2D eigenvalue weighted by atomic mass is 9.86. The first-order valence-corrected chi connectivity index (χ1v) is 7.97. The molecule has 1 atom stereocenters. The van der Waals surface area contributed by atoms with Crippen LogP contribution in [0.5, 0.6) is 0 Å². The van der Waals surface area contributed by atoms with Gasteiger partial charge in [-0.05, 0) is 57.5 Å². The molecule has 0 bridgehead atoms. The highest BCUT2D eigenvalue weighted by Gasteiger charge is 2.25. The van der Waals surface area contributed by atoms with Crippen LogP contribution < -0.4 is 5.32 Å². The highest BCUT2D eigenvalue weighted by molar-refractivity contribution is 4.81. The second kappa shape index (κ2) is 8.16. The second-order valence-corrected chi connectivity index (χ2v) is 6.69. The summed E-state index contributed by atoms with van der Waals surface area (Å²) >= 11 is 0. The molecule has 2 heteroatoms. The third kappa shape index (κ3) is 5.27. The minimum absolute atomic E-state index is 0.710. The van der Waals surface area contributed by atoms with Gasteiger partial charge in [0.05, 0.1) is 0 Å². The minimum Gasteiger partial charge on any atom is -0.315 e. The maximum atomic E-state index is 3.62. The van der Waals surface area contributed by atoms with Crippen LogP contribution >= 0.6 is 0 Å². The van der Waals surface area contributed by atoms with Crippen molar-refractivity contribution in [2.45, 2.75) is 71.9 Å². The van der Waals surface area contributed by atoms with E-state index in [0.717, 1.165) is 31.0 Å². The van der Waals surface area contributed by atoms with Crippen molar-refractivity contribution in [3.05, 3.63) is 0 Å². The topological polar surface area (TPSA) is 15.3 Å². The first-order valence-electron chi connectivity index (χ1n) is 7.97. The molecule has 1 unspecified atom stereocenters. The van der Waals surface area contributed by atoms with Gasteiger partial charge < -0.3 is 5.32 Å². The van der Waals surface area contributed by atoms with Gasteiger partial charge in [0.1, 0.15) is 0 Å². The summed E-state index contributed by atoms with van der Waals surface area (Å²) in [4.78, 5) is 2.65. The van der Waals surface area contributed by atoms with Gasteiger partial charge in [0.25, 0.3) is 0 Å². The van der Waals surface area contributed by atoms with Crippen molar-refractivity contribution in [3.63, 3.8) is 0 Å². The van der Waals surface area contributed by atoms with Crippen molar-refractivity contribution in [3.8, 4) is 0 Å². The van der Waals surface area contributed by atoms with Crippen molar-refractivity contribution in [1.29, 1.82) is 0 Å². The molecule has 0 spiro atoms. The Hall–Kier alpha value is -0.0800. The van der Waals surface area contributed by atoms with E-state index in [4.69, 9.17) is 0 Å². The summed E-state index contributed by atoms with van der Waals surface area (Å²) in [6.45, 7) is 11.6. The lowest BCUT2D eigenvalue weighted by Gasteiger charge is -2.38.